The van der Waals surface area contributed by atoms with Crippen molar-refractivity contribution >= 4 is 23.2 Å². The first-order valence-corrected chi connectivity index (χ1v) is 9.69. The number of carbonyl (C=O) groups is 3. The molecule has 1 aromatic carbocycles. The minimum Gasteiger partial charge on any atom is -0.479 e. The highest BCUT2D eigenvalue weighted by Gasteiger charge is 2.29. The van der Waals surface area contributed by atoms with Crippen molar-refractivity contribution in [2.75, 3.05) is 6.61 Å². The van der Waals surface area contributed by atoms with E-state index in [2.05, 4.69) is 4.98 Å². The summed E-state index contributed by atoms with van der Waals surface area (Å²) < 4.78 is 20.4. The number of carboxylic acid groups (broad SMARTS) is 1. The Hall–Kier alpha value is -3.75. The van der Waals surface area contributed by atoms with E-state index in [1.165, 1.54) is 12.1 Å². The van der Waals surface area contributed by atoms with Crippen LogP contribution in [0.25, 0.3) is 5.52 Å². The number of carbonyl (C=O) groups excluding carboxylic acids is 2. The molecular formula is C22H22FN3O5. The van der Waals surface area contributed by atoms with Crippen molar-refractivity contribution in [1.29, 1.82) is 0 Å². The molecule has 1 amide bonds. The Morgan fingerprint density at radius 1 is 1.23 bits per heavy atom. The van der Waals surface area contributed by atoms with Crippen LogP contribution in [0.2, 0.25) is 0 Å². The maximum absolute atomic E-state index is 13.4. The second kappa shape index (κ2) is 8.95. The summed E-state index contributed by atoms with van der Waals surface area (Å²) in [6.45, 7) is 2.95. The van der Waals surface area contributed by atoms with Gasteiger partial charge in [0.05, 0.1) is 11.3 Å². The molecule has 3 N–H and O–H groups in total. The molecule has 0 aliphatic rings. The molecule has 0 spiro atoms. The first-order chi connectivity index (χ1) is 14.7. The number of amides is 1. The van der Waals surface area contributed by atoms with E-state index < -0.39 is 24.3 Å². The third kappa shape index (κ3) is 4.55. The van der Waals surface area contributed by atoms with Crippen LogP contribution in [0.1, 0.15) is 46.2 Å². The van der Waals surface area contributed by atoms with E-state index in [1.54, 1.807) is 29.7 Å². The number of ketones is 1. The van der Waals surface area contributed by atoms with Crippen LogP contribution in [0.4, 0.5) is 4.39 Å². The maximum atomic E-state index is 13.4. The number of halogens is 1. The molecule has 162 valence electrons. The number of hydrogen-bond donors (Lipinski definition) is 2. The minimum absolute atomic E-state index is 0.0550. The van der Waals surface area contributed by atoms with E-state index in [0.29, 0.717) is 36.2 Å². The lowest BCUT2D eigenvalue weighted by molar-refractivity contribution is -0.139. The number of rotatable bonds is 9. The molecule has 0 radical (unpaired) electrons. The van der Waals surface area contributed by atoms with E-state index in [1.807, 2.05) is 6.92 Å². The van der Waals surface area contributed by atoms with Gasteiger partial charge in [0.15, 0.2) is 6.61 Å². The molecule has 2 aromatic heterocycles. The lowest BCUT2D eigenvalue weighted by atomic mass is 9.98. The zero-order chi connectivity index (χ0) is 22.7. The van der Waals surface area contributed by atoms with E-state index in [0.717, 1.165) is 5.56 Å². The number of fused-ring (bicyclic) bond motifs is 1. The van der Waals surface area contributed by atoms with E-state index in [4.69, 9.17) is 15.6 Å². The molecule has 0 bridgehead atoms. The zero-order valence-electron chi connectivity index (χ0n) is 17.1. The van der Waals surface area contributed by atoms with Gasteiger partial charge in [0.25, 0.3) is 11.7 Å². The van der Waals surface area contributed by atoms with Gasteiger partial charge in [-0.1, -0.05) is 25.5 Å². The van der Waals surface area contributed by atoms with Crippen LogP contribution in [-0.2, 0) is 22.4 Å². The minimum atomic E-state index is -1.21. The molecular weight excluding hydrogens is 405 g/mol. The summed E-state index contributed by atoms with van der Waals surface area (Å²) in [4.78, 5) is 39.9. The van der Waals surface area contributed by atoms with Crippen molar-refractivity contribution in [3.05, 3.63) is 64.4 Å². The SMILES string of the molecule is CCCc1c(C(=O)C(N)=O)c2c(OCC(=O)O)nc(C)cn2c1Cc1ccc(F)cc1. The highest BCUT2D eigenvalue weighted by molar-refractivity contribution is 6.44. The second-order valence-electron chi connectivity index (χ2n) is 7.14. The molecule has 0 aliphatic carbocycles. The van der Waals surface area contributed by atoms with Crippen LogP contribution in [0.3, 0.4) is 0 Å². The average Bonchev–Trinajstić information content (AvgIpc) is 3.00. The number of nitrogens with two attached hydrogens (primary N) is 1. The summed E-state index contributed by atoms with van der Waals surface area (Å²) >= 11 is 0. The largest absolute Gasteiger partial charge is 0.479 e. The quantitative estimate of drug-likeness (QED) is 0.399. The number of benzene rings is 1. The first-order valence-electron chi connectivity index (χ1n) is 9.69. The molecule has 0 unspecified atom stereocenters. The van der Waals surface area contributed by atoms with Gasteiger partial charge >= 0.3 is 5.97 Å². The summed E-state index contributed by atoms with van der Waals surface area (Å²) in [6, 6.07) is 5.95. The smallest absolute Gasteiger partial charge is 0.341 e. The number of aliphatic carboxylic acids is 1. The Kier molecular flexibility index (Phi) is 6.33. The van der Waals surface area contributed by atoms with Crippen molar-refractivity contribution in [2.45, 2.75) is 33.1 Å². The summed E-state index contributed by atoms with van der Waals surface area (Å²) in [5, 5.41) is 9.01. The highest BCUT2D eigenvalue weighted by atomic mass is 19.1. The predicted molar refractivity (Wildman–Crippen MR) is 110 cm³/mol. The van der Waals surface area contributed by atoms with Crippen molar-refractivity contribution in [2.24, 2.45) is 5.73 Å². The Morgan fingerprint density at radius 3 is 2.48 bits per heavy atom. The summed E-state index contributed by atoms with van der Waals surface area (Å²) in [5.74, 6) is -3.70. The van der Waals surface area contributed by atoms with Crippen molar-refractivity contribution in [3.8, 4) is 5.88 Å². The molecule has 0 saturated carbocycles. The summed E-state index contributed by atoms with van der Waals surface area (Å²) in [7, 11) is 0. The van der Waals surface area contributed by atoms with Gasteiger partial charge in [0, 0.05) is 18.3 Å². The van der Waals surface area contributed by atoms with Crippen LogP contribution >= 0.6 is 0 Å². The molecule has 0 fully saturated rings. The van der Waals surface area contributed by atoms with Gasteiger partial charge in [0.2, 0.25) is 5.88 Å². The first kappa shape index (κ1) is 21.9. The topological polar surface area (TPSA) is 124 Å². The Labute approximate surface area is 177 Å². The van der Waals surface area contributed by atoms with Gasteiger partial charge in [-0.2, -0.15) is 0 Å². The lowest BCUT2D eigenvalue weighted by Gasteiger charge is -2.10. The van der Waals surface area contributed by atoms with Gasteiger partial charge in [-0.25, -0.2) is 14.2 Å². The average molecular weight is 427 g/mol. The van der Waals surface area contributed by atoms with Gasteiger partial charge in [-0.15, -0.1) is 0 Å². The molecule has 8 nitrogen and oxygen atoms in total. The number of aryl methyl sites for hydroxylation is 1. The van der Waals surface area contributed by atoms with Gasteiger partial charge in [-0.3, -0.25) is 9.59 Å². The number of carboxylic acids is 1. The highest BCUT2D eigenvalue weighted by Crippen LogP contribution is 2.33. The second-order valence-corrected chi connectivity index (χ2v) is 7.14. The van der Waals surface area contributed by atoms with E-state index in [-0.39, 0.29) is 22.8 Å². The number of primary amides is 1. The van der Waals surface area contributed by atoms with Crippen LogP contribution in [0, 0.1) is 12.7 Å². The number of Topliss-reactive ketones (excluding diaryl/α,β-unsaturated/α-hetero) is 1. The Bertz CT molecular complexity index is 1170. The fourth-order valence-electron chi connectivity index (χ4n) is 3.57. The normalized spacial score (nSPS) is 10.9. The van der Waals surface area contributed by atoms with Crippen LogP contribution in [0.15, 0.2) is 30.5 Å². The number of hydrogen-bond acceptors (Lipinski definition) is 5. The van der Waals surface area contributed by atoms with E-state index in [9.17, 15) is 18.8 Å². The Balaban J connectivity index is 2.33. The third-order valence-corrected chi connectivity index (χ3v) is 4.78. The standard InChI is InChI=1S/C22H22FN3O5/c1-3-4-15-16(9-13-5-7-14(23)8-6-13)26-10-12(2)25-22(31-11-17(27)28)19(26)18(15)20(29)21(24)30/h5-8,10H,3-4,9,11H2,1-2H3,(H2,24,30)(H,27,28). The maximum Gasteiger partial charge on any atom is 0.341 e. The molecule has 0 atom stereocenters. The lowest BCUT2D eigenvalue weighted by Crippen LogP contribution is -2.24. The van der Waals surface area contributed by atoms with Crippen molar-refractivity contribution in [3.63, 3.8) is 0 Å². The van der Waals surface area contributed by atoms with Crippen molar-refractivity contribution < 1.29 is 28.6 Å². The number of ether oxygens (including phenoxy) is 1. The predicted octanol–water partition coefficient (Wildman–Crippen LogP) is 2.46. The Morgan fingerprint density at radius 2 is 1.90 bits per heavy atom. The fraction of sp³-hybridized carbons (Fsp3) is 0.273. The molecule has 9 heteroatoms. The van der Waals surface area contributed by atoms with Crippen LogP contribution in [0.5, 0.6) is 5.88 Å². The third-order valence-electron chi connectivity index (χ3n) is 4.78. The number of aromatic nitrogens is 2. The van der Waals surface area contributed by atoms with E-state index >= 15 is 0 Å². The fourth-order valence-corrected chi connectivity index (χ4v) is 3.57. The molecule has 3 aromatic rings. The molecule has 31 heavy (non-hydrogen) atoms. The molecule has 0 saturated heterocycles. The molecule has 3 rings (SSSR count). The van der Waals surface area contributed by atoms with Crippen LogP contribution in [-0.4, -0.2) is 38.8 Å². The molecule has 2 heterocycles. The monoisotopic (exact) mass is 427 g/mol. The van der Waals surface area contributed by atoms with Gasteiger partial charge in [-0.05, 0) is 36.6 Å². The van der Waals surface area contributed by atoms with Gasteiger partial charge in [0.1, 0.15) is 11.3 Å². The molecule has 0 aliphatic heterocycles. The summed E-state index contributed by atoms with van der Waals surface area (Å²) in [5.41, 5.74) is 8.16. The number of nitrogens with zero attached hydrogens (tertiary/aromatic N) is 2. The van der Waals surface area contributed by atoms with Crippen LogP contribution < -0.4 is 10.5 Å². The summed E-state index contributed by atoms with van der Waals surface area (Å²) in [6.07, 6.45) is 3.15. The van der Waals surface area contributed by atoms with Gasteiger partial charge < -0.3 is 20.0 Å². The van der Waals surface area contributed by atoms with Crippen molar-refractivity contribution in [1.82, 2.24) is 9.38 Å². The zero-order valence-corrected chi connectivity index (χ0v) is 17.1.